The minimum atomic E-state index is -1.07. The number of rotatable bonds is 6. The molecule has 0 radical (unpaired) electrons. The first kappa shape index (κ1) is 17.6. The summed E-state index contributed by atoms with van der Waals surface area (Å²) in [6, 6.07) is 7.43. The highest BCUT2D eigenvalue weighted by atomic mass is 16.6. The maximum Gasteiger partial charge on any atom is 0.220 e. The average molecular weight is 346 g/mol. The van der Waals surface area contributed by atoms with Gasteiger partial charge in [-0.25, -0.2) is 0 Å². The molecule has 0 spiro atoms. The number of carbonyl (C=O) groups excluding carboxylic acids is 2. The van der Waals surface area contributed by atoms with Crippen LogP contribution in [0.3, 0.4) is 0 Å². The molecule has 0 unspecified atom stereocenters. The first-order valence-electron chi connectivity index (χ1n) is 8.91. The highest BCUT2D eigenvalue weighted by Crippen LogP contribution is 2.42. The number of ether oxygens (including phenoxy) is 2. The summed E-state index contributed by atoms with van der Waals surface area (Å²) in [6.07, 6.45) is 4.51. The van der Waals surface area contributed by atoms with Crippen LogP contribution in [0.25, 0.3) is 0 Å². The van der Waals surface area contributed by atoms with Crippen LogP contribution in [-0.4, -0.2) is 31.1 Å². The summed E-state index contributed by atoms with van der Waals surface area (Å²) >= 11 is 0. The topological polar surface area (TPSA) is 87.7 Å². The van der Waals surface area contributed by atoms with Crippen molar-refractivity contribution in [3.05, 3.63) is 24.3 Å². The zero-order chi connectivity index (χ0) is 17.7. The lowest BCUT2D eigenvalue weighted by atomic mass is 9.69. The van der Waals surface area contributed by atoms with Gasteiger partial charge in [-0.2, -0.15) is 0 Å². The molecule has 1 amide bonds. The zero-order valence-corrected chi connectivity index (χ0v) is 14.3. The van der Waals surface area contributed by atoms with Gasteiger partial charge in [-0.15, -0.1) is 0 Å². The van der Waals surface area contributed by atoms with Gasteiger partial charge in [0.1, 0.15) is 12.7 Å². The van der Waals surface area contributed by atoms with E-state index in [2.05, 4.69) is 5.32 Å². The Labute approximate surface area is 147 Å². The van der Waals surface area contributed by atoms with E-state index in [1.807, 2.05) is 24.3 Å². The summed E-state index contributed by atoms with van der Waals surface area (Å²) in [5, 5.41) is 14.0. The van der Waals surface area contributed by atoms with Crippen molar-refractivity contribution in [2.45, 2.75) is 51.0 Å². The van der Waals surface area contributed by atoms with Crippen molar-refractivity contribution in [2.75, 3.05) is 13.2 Å². The summed E-state index contributed by atoms with van der Waals surface area (Å²) in [5.74, 6) is 0.176. The number of amides is 1. The van der Waals surface area contributed by atoms with Crippen LogP contribution in [0.4, 0.5) is 0 Å². The molecule has 3 rings (SSSR count). The Kier molecular flexibility index (Phi) is 5.46. The molecule has 1 N–H and O–H groups in total. The molecule has 1 atom stereocenters. The van der Waals surface area contributed by atoms with Gasteiger partial charge in [0, 0.05) is 12.4 Å². The lowest BCUT2D eigenvalue weighted by Crippen LogP contribution is -2.43. The van der Waals surface area contributed by atoms with Gasteiger partial charge in [-0.1, -0.05) is 31.4 Å². The molecule has 0 bridgehead atoms. The summed E-state index contributed by atoms with van der Waals surface area (Å²) < 4.78 is 11.4. The molecule has 1 aromatic carbocycles. The summed E-state index contributed by atoms with van der Waals surface area (Å²) in [5.41, 5.74) is -0.461. The molecule has 1 aromatic rings. The molecule has 1 aliphatic heterocycles. The molecule has 0 aromatic heterocycles. The number of aliphatic carboxylic acids is 1. The Morgan fingerprint density at radius 1 is 1.12 bits per heavy atom. The standard InChI is InChI=1S/C19H25NO5/c21-17(10-19(11-18(22)23)8-4-1-5-9-19)20-12-14-13-24-15-6-2-3-7-16(15)25-14/h2-3,6-7,14H,1,4-5,8-13H2,(H,20,21)(H,22,23)/p-1/t14-/m0/s1. The molecule has 25 heavy (non-hydrogen) atoms. The number of nitrogens with one attached hydrogen (secondary N) is 1. The van der Waals surface area contributed by atoms with E-state index in [0.29, 0.717) is 24.7 Å². The van der Waals surface area contributed by atoms with E-state index < -0.39 is 11.4 Å². The van der Waals surface area contributed by atoms with E-state index in [1.54, 1.807) is 0 Å². The third kappa shape index (κ3) is 4.65. The molecular weight excluding hydrogens is 322 g/mol. The number of benzene rings is 1. The molecule has 1 saturated carbocycles. The molecule has 2 aliphatic rings. The first-order chi connectivity index (χ1) is 12.1. The van der Waals surface area contributed by atoms with Crippen LogP contribution in [0.5, 0.6) is 11.5 Å². The highest BCUT2D eigenvalue weighted by Gasteiger charge is 2.34. The SMILES string of the molecule is O=C([O-])CC1(CC(=O)NC[C@H]2COc3ccccc3O2)CCCCC1. The second-order valence-corrected chi connectivity index (χ2v) is 7.09. The van der Waals surface area contributed by atoms with Gasteiger partial charge in [0.25, 0.3) is 0 Å². The Balaban J connectivity index is 1.51. The summed E-state index contributed by atoms with van der Waals surface area (Å²) in [6.45, 7) is 0.718. The largest absolute Gasteiger partial charge is 0.550 e. The predicted molar refractivity (Wildman–Crippen MR) is 89.1 cm³/mol. The third-order valence-corrected chi connectivity index (χ3v) is 5.06. The van der Waals surface area contributed by atoms with Gasteiger partial charge >= 0.3 is 0 Å². The molecule has 1 aliphatic carbocycles. The number of carboxylic acids is 1. The highest BCUT2D eigenvalue weighted by molar-refractivity contribution is 5.77. The molecular formula is C19H24NO5-. The van der Waals surface area contributed by atoms with Crippen molar-refractivity contribution in [3.8, 4) is 11.5 Å². The predicted octanol–water partition coefficient (Wildman–Crippen LogP) is 1.42. The Morgan fingerprint density at radius 3 is 2.56 bits per heavy atom. The third-order valence-electron chi connectivity index (χ3n) is 5.06. The smallest absolute Gasteiger partial charge is 0.220 e. The van der Waals surface area contributed by atoms with E-state index >= 15 is 0 Å². The zero-order valence-electron chi connectivity index (χ0n) is 14.3. The van der Waals surface area contributed by atoms with E-state index in [4.69, 9.17) is 9.47 Å². The number of fused-ring (bicyclic) bond motifs is 1. The fourth-order valence-corrected chi connectivity index (χ4v) is 3.82. The Morgan fingerprint density at radius 2 is 1.84 bits per heavy atom. The fourth-order valence-electron chi connectivity index (χ4n) is 3.82. The van der Waals surface area contributed by atoms with E-state index in [-0.39, 0.29) is 24.9 Å². The van der Waals surface area contributed by atoms with Crippen molar-refractivity contribution in [3.63, 3.8) is 0 Å². The van der Waals surface area contributed by atoms with Gasteiger partial charge in [0.2, 0.25) is 5.91 Å². The van der Waals surface area contributed by atoms with Crippen LogP contribution in [0.15, 0.2) is 24.3 Å². The van der Waals surface area contributed by atoms with Crippen molar-refractivity contribution in [2.24, 2.45) is 5.41 Å². The maximum absolute atomic E-state index is 12.4. The second kappa shape index (κ2) is 7.76. The van der Waals surface area contributed by atoms with Crippen LogP contribution >= 0.6 is 0 Å². The fraction of sp³-hybridized carbons (Fsp3) is 0.579. The first-order valence-corrected chi connectivity index (χ1v) is 8.91. The molecule has 6 heteroatoms. The quantitative estimate of drug-likeness (QED) is 0.842. The van der Waals surface area contributed by atoms with Crippen LogP contribution in [-0.2, 0) is 9.59 Å². The molecule has 136 valence electrons. The van der Waals surface area contributed by atoms with E-state index in [9.17, 15) is 14.7 Å². The maximum atomic E-state index is 12.4. The van der Waals surface area contributed by atoms with Crippen LogP contribution < -0.4 is 19.9 Å². The van der Waals surface area contributed by atoms with E-state index in [0.717, 1.165) is 32.1 Å². The molecule has 6 nitrogen and oxygen atoms in total. The number of carboxylic acid groups (broad SMARTS) is 1. The number of para-hydroxylation sites is 2. The van der Waals surface area contributed by atoms with Gasteiger partial charge in [0.05, 0.1) is 6.54 Å². The summed E-state index contributed by atoms with van der Waals surface area (Å²) in [4.78, 5) is 23.5. The van der Waals surface area contributed by atoms with Crippen LogP contribution in [0.2, 0.25) is 0 Å². The van der Waals surface area contributed by atoms with Crippen molar-refractivity contribution >= 4 is 11.9 Å². The van der Waals surface area contributed by atoms with E-state index in [1.165, 1.54) is 0 Å². The van der Waals surface area contributed by atoms with Gasteiger partial charge in [-0.3, -0.25) is 4.79 Å². The minimum Gasteiger partial charge on any atom is -0.550 e. The monoisotopic (exact) mass is 346 g/mol. The molecule has 1 fully saturated rings. The Hall–Kier alpha value is -2.24. The van der Waals surface area contributed by atoms with Crippen molar-refractivity contribution < 1.29 is 24.2 Å². The number of hydrogen-bond donors (Lipinski definition) is 1. The summed E-state index contributed by atoms with van der Waals surface area (Å²) in [7, 11) is 0. The lowest BCUT2D eigenvalue weighted by Gasteiger charge is -2.37. The molecule has 1 heterocycles. The number of carbonyl (C=O) groups is 2. The minimum absolute atomic E-state index is 0.0448. The molecule has 0 saturated heterocycles. The normalized spacial score (nSPS) is 21.4. The van der Waals surface area contributed by atoms with Crippen molar-refractivity contribution in [1.82, 2.24) is 5.32 Å². The average Bonchev–Trinajstić information content (AvgIpc) is 2.60. The Bertz CT molecular complexity index is 624. The van der Waals surface area contributed by atoms with Gasteiger partial charge in [-0.05, 0) is 36.8 Å². The second-order valence-electron chi connectivity index (χ2n) is 7.09. The van der Waals surface area contributed by atoms with Gasteiger partial charge < -0.3 is 24.7 Å². The van der Waals surface area contributed by atoms with Crippen molar-refractivity contribution in [1.29, 1.82) is 0 Å². The van der Waals surface area contributed by atoms with Gasteiger partial charge in [0.15, 0.2) is 11.5 Å². The van der Waals surface area contributed by atoms with Crippen LogP contribution in [0.1, 0.15) is 44.9 Å². The van der Waals surface area contributed by atoms with Crippen LogP contribution in [0, 0.1) is 5.41 Å². The number of hydrogen-bond acceptors (Lipinski definition) is 5. The lowest BCUT2D eigenvalue weighted by molar-refractivity contribution is -0.308.